The van der Waals surface area contributed by atoms with Crippen molar-refractivity contribution >= 4 is 15.7 Å². The maximum atomic E-state index is 12.6. The number of sulfonamides is 1. The molecular formula is C20H24F2N2O3S. The van der Waals surface area contributed by atoms with E-state index in [1.165, 1.54) is 29.8 Å². The Morgan fingerprint density at radius 3 is 2.57 bits per heavy atom. The van der Waals surface area contributed by atoms with Crippen molar-refractivity contribution < 1.29 is 21.9 Å². The fourth-order valence-electron chi connectivity index (χ4n) is 3.36. The molecule has 152 valence electrons. The first-order chi connectivity index (χ1) is 13.4. The van der Waals surface area contributed by atoms with Gasteiger partial charge >= 0.3 is 6.61 Å². The zero-order valence-electron chi connectivity index (χ0n) is 15.6. The van der Waals surface area contributed by atoms with Crippen molar-refractivity contribution in [2.75, 3.05) is 11.3 Å². The standard InChI is InChI=1S/C20H24F2N2O3S/c1-2-11-23-16-5-3-15-13-17(6-4-14(15)12-16)24-28(25,26)19-9-7-18(8-10-19)27-20(21)22/h4,6-10,13,16,20,23-24H,2-3,5,11-12H2,1H3/t16-/m0/s1. The maximum Gasteiger partial charge on any atom is 0.387 e. The van der Waals surface area contributed by atoms with Gasteiger partial charge in [0.15, 0.2) is 0 Å². The Hall–Kier alpha value is -2.19. The zero-order chi connectivity index (χ0) is 20.1. The first-order valence-corrected chi connectivity index (χ1v) is 10.8. The summed E-state index contributed by atoms with van der Waals surface area (Å²) in [4.78, 5) is -0.0179. The van der Waals surface area contributed by atoms with Crippen LogP contribution in [0.2, 0.25) is 0 Å². The van der Waals surface area contributed by atoms with Crippen molar-refractivity contribution in [3.05, 3.63) is 53.6 Å². The highest BCUT2D eigenvalue weighted by atomic mass is 32.2. The molecule has 2 aromatic rings. The van der Waals surface area contributed by atoms with Crippen LogP contribution in [0.15, 0.2) is 47.4 Å². The normalized spacial score (nSPS) is 16.6. The number of rotatable bonds is 8. The van der Waals surface area contributed by atoms with Gasteiger partial charge in [0.1, 0.15) is 5.75 Å². The summed E-state index contributed by atoms with van der Waals surface area (Å²) in [7, 11) is -3.81. The van der Waals surface area contributed by atoms with Crippen LogP contribution in [0.4, 0.5) is 14.5 Å². The Morgan fingerprint density at radius 2 is 1.89 bits per heavy atom. The third-order valence-corrected chi connectivity index (χ3v) is 6.13. The number of benzene rings is 2. The van der Waals surface area contributed by atoms with E-state index in [0.29, 0.717) is 11.7 Å². The molecule has 2 aromatic carbocycles. The SMILES string of the molecule is CCCN[C@H]1CCc2cc(NS(=O)(=O)c3ccc(OC(F)F)cc3)ccc2C1. The fourth-order valence-corrected chi connectivity index (χ4v) is 4.41. The average Bonchev–Trinajstić information content (AvgIpc) is 2.66. The molecule has 0 spiro atoms. The molecule has 1 aliphatic carbocycles. The molecule has 0 saturated heterocycles. The van der Waals surface area contributed by atoms with Gasteiger partial charge in [-0.1, -0.05) is 13.0 Å². The van der Waals surface area contributed by atoms with Crippen LogP contribution >= 0.6 is 0 Å². The van der Waals surface area contributed by atoms with Crippen molar-refractivity contribution in [1.82, 2.24) is 5.32 Å². The first kappa shape index (κ1) is 20.5. The van der Waals surface area contributed by atoms with Gasteiger partial charge in [0, 0.05) is 11.7 Å². The zero-order valence-corrected chi connectivity index (χ0v) is 16.4. The Labute approximate surface area is 164 Å². The van der Waals surface area contributed by atoms with Crippen LogP contribution in [0.25, 0.3) is 0 Å². The molecule has 3 rings (SSSR count). The molecule has 1 atom stereocenters. The van der Waals surface area contributed by atoms with Crippen LogP contribution in [0, 0.1) is 0 Å². The van der Waals surface area contributed by atoms with E-state index in [4.69, 9.17) is 0 Å². The highest BCUT2D eigenvalue weighted by Gasteiger charge is 2.20. The Morgan fingerprint density at radius 1 is 1.14 bits per heavy atom. The molecule has 0 heterocycles. The Bertz CT molecular complexity index is 902. The summed E-state index contributed by atoms with van der Waals surface area (Å²) in [5.74, 6) is -0.0889. The summed E-state index contributed by atoms with van der Waals surface area (Å²) in [6.45, 7) is 0.188. The Kier molecular flexibility index (Phi) is 6.51. The molecule has 0 fully saturated rings. The number of aryl methyl sites for hydroxylation is 1. The van der Waals surface area contributed by atoms with Gasteiger partial charge in [-0.15, -0.1) is 0 Å². The number of fused-ring (bicyclic) bond motifs is 1. The summed E-state index contributed by atoms with van der Waals surface area (Å²) in [6.07, 6.45) is 3.95. The van der Waals surface area contributed by atoms with Crippen LogP contribution in [0.5, 0.6) is 5.75 Å². The molecule has 8 heteroatoms. The third-order valence-electron chi connectivity index (χ3n) is 4.73. The maximum absolute atomic E-state index is 12.6. The predicted molar refractivity (Wildman–Crippen MR) is 104 cm³/mol. The largest absolute Gasteiger partial charge is 0.435 e. The lowest BCUT2D eigenvalue weighted by atomic mass is 9.88. The molecule has 2 N–H and O–H groups in total. The molecule has 0 saturated carbocycles. The highest BCUT2D eigenvalue weighted by Crippen LogP contribution is 2.26. The second kappa shape index (κ2) is 8.87. The molecule has 5 nitrogen and oxygen atoms in total. The van der Waals surface area contributed by atoms with E-state index < -0.39 is 16.6 Å². The van der Waals surface area contributed by atoms with Gasteiger partial charge in [-0.25, -0.2) is 8.42 Å². The van der Waals surface area contributed by atoms with Crippen LogP contribution in [-0.4, -0.2) is 27.6 Å². The van der Waals surface area contributed by atoms with E-state index in [-0.39, 0.29) is 10.6 Å². The fraction of sp³-hybridized carbons (Fsp3) is 0.400. The first-order valence-electron chi connectivity index (χ1n) is 9.30. The topological polar surface area (TPSA) is 67.4 Å². The molecule has 0 aliphatic heterocycles. The van der Waals surface area contributed by atoms with Gasteiger partial charge in [0.05, 0.1) is 4.90 Å². The summed E-state index contributed by atoms with van der Waals surface area (Å²) in [5.41, 5.74) is 2.87. The van der Waals surface area contributed by atoms with Crippen molar-refractivity contribution in [3.8, 4) is 5.75 Å². The summed E-state index contributed by atoms with van der Waals surface area (Å²) in [6, 6.07) is 10.9. The number of anilines is 1. The molecule has 0 aromatic heterocycles. The monoisotopic (exact) mass is 410 g/mol. The van der Waals surface area contributed by atoms with Gasteiger partial charge in [-0.2, -0.15) is 8.78 Å². The smallest absolute Gasteiger partial charge is 0.387 e. The number of nitrogens with one attached hydrogen (secondary N) is 2. The predicted octanol–water partition coefficient (Wildman–Crippen LogP) is 3.95. The van der Waals surface area contributed by atoms with Crippen molar-refractivity contribution in [2.45, 2.75) is 50.2 Å². The van der Waals surface area contributed by atoms with E-state index in [0.717, 1.165) is 37.8 Å². The second-order valence-electron chi connectivity index (χ2n) is 6.83. The molecule has 0 amide bonds. The number of hydrogen-bond acceptors (Lipinski definition) is 4. The van der Waals surface area contributed by atoms with E-state index in [1.54, 1.807) is 6.07 Å². The molecule has 0 bridgehead atoms. The van der Waals surface area contributed by atoms with E-state index >= 15 is 0 Å². The minimum absolute atomic E-state index is 0.0179. The molecule has 1 aliphatic rings. The van der Waals surface area contributed by atoms with E-state index in [9.17, 15) is 17.2 Å². The van der Waals surface area contributed by atoms with Gasteiger partial charge in [0.25, 0.3) is 10.0 Å². The van der Waals surface area contributed by atoms with E-state index in [2.05, 4.69) is 21.7 Å². The number of ether oxygens (including phenoxy) is 1. The summed E-state index contributed by atoms with van der Waals surface area (Å²) in [5, 5.41) is 3.53. The van der Waals surface area contributed by atoms with Crippen LogP contribution in [-0.2, 0) is 22.9 Å². The second-order valence-corrected chi connectivity index (χ2v) is 8.52. The lowest BCUT2D eigenvalue weighted by Gasteiger charge is -2.26. The quantitative estimate of drug-likeness (QED) is 0.692. The lowest BCUT2D eigenvalue weighted by molar-refractivity contribution is -0.0498. The van der Waals surface area contributed by atoms with Crippen molar-refractivity contribution in [3.63, 3.8) is 0 Å². The molecule has 0 unspecified atom stereocenters. The third kappa shape index (κ3) is 5.20. The van der Waals surface area contributed by atoms with Crippen molar-refractivity contribution in [2.24, 2.45) is 0 Å². The summed E-state index contributed by atoms with van der Waals surface area (Å²) >= 11 is 0. The number of alkyl halides is 2. The van der Waals surface area contributed by atoms with Crippen molar-refractivity contribution in [1.29, 1.82) is 0 Å². The average molecular weight is 410 g/mol. The minimum atomic E-state index is -3.81. The van der Waals surface area contributed by atoms with Gasteiger partial charge in [0.2, 0.25) is 0 Å². The Balaban J connectivity index is 1.69. The van der Waals surface area contributed by atoms with E-state index in [1.807, 2.05) is 12.1 Å². The number of halogens is 2. The molecular weight excluding hydrogens is 386 g/mol. The van der Waals surface area contributed by atoms with Crippen LogP contribution < -0.4 is 14.8 Å². The summed E-state index contributed by atoms with van der Waals surface area (Å²) < 4.78 is 56.3. The van der Waals surface area contributed by atoms with Gasteiger partial charge in [-0.3, -0.25) is 4.72 Å². The highest BCUT2D eigenvalue weighted by molar-refractivity contribution is 7.92. The minimum Gasteiger partial charge on any atom is -0.435 e. The molecule has 28 heavy (non-hydrogen) atoms. The molecule has 0 radical (unpaired) electrons. The van der Waals surface area contributed by atoms with Crippen LogP contribution in [0.3, 0.4) is 0 Å². The lowest BCUT2D eigenvalue weighted by Crippen LogP contribution is -2.35. The van der Waals surface area contributed by atoms with Crippen LogP contribution in [0.1, 0.15) is 30.9 Å². The van der Waals surface area contributed by atoms with Gasteiger partial charge < -0.3 is 10.1 Å². The number of hydrogen-bond donors (Lipinski definition) is 2. The van der Waals surface area contributed by atoms with Gasteiger partial charge in [-0.05, 0) is 79.8 Å².